The zero-order valence-corrected chi connectivity index (χ0v) is 10.9. The summed E-state index contributed by atoms with van der Waals surface area (Å²) in [7, 11) is 0. The molecule has 2 nitrogen and oxygen atoms in total. The molecule has 1 aromatic rings. The molecule has 1 aliphatic rings. The SMILES string of the molecule is CCC(C)NC1(CO)CCCc2ccccc21. The van der Waals surface area contributed by atoms with Crippen molar-refractivity contribution in [2.24, 2.45) is 0 Å². The second-order valence-electron chi connectivity index (χ2n) is 5.20. The monoisotopic (exact) mass is 233 g/mol. The van der Waals surface area contributed by atoms with Gasteiger partial charge in [0, 0.05) is 6.04 Å². The first-order chi connectivity index (χ1) is 8.22. The highest BCUT2D eigenvalue weighted by molar-refractivity contribution is 5.36. The number of rotatable bonds is 4. The standard InChI is InChI=1S/C15H23NO/c1-3-12(2)16-15(11-17)10-6-8-13-7-4-5-9-14(13)15/h4-5,7,9,12,16-17H,3,6,8,10-11H2,1-2H3. The zero-order valence-electron chi connectivity index (χ0n) is 10.9. The summed E-state index contributed by atoms with van der Waals surface area (Å²) in [6, 6.07) is 8.97. The fourth-order valence-electron chi connectivity index (χ4n) is 2.85. The Morgan fingerprint density at radius 1 is 1.41 bits per heavy atom. The average Bonchev–Trinajstić information content (AvgIpc) is 2.39. The molecule has 0 heterocycles. The number of fused-ring (bicyclic) bond motifs is 1. The number of aliphatic hydroxyl groups excluding tert-OH is 1. The summed E-state index contributed by atoms with van der Waals surface area (Å²) in [6.07, 6.45) is 4.41. The van der Waals surface area contributed by atoms with E-state index in [0.29, 0.717) is 6.04 Å². The van der Waals surface area contributed by atoms with E-state index in [1.807, 2.05) is 0 Å². The van der Waals surface area contributed by atoms with E-state index in [1.54, 1.807) is 0 Å². The van der Waals surface area contributed by atoms with Crippen LogP contribution < -0.4 is 5.32 Å². The molecule has 0 saturated heterocycles. The highest BCUT2D eigenvalue weighted by Crippen LogP contribution is 2.35. The fraction of sp³-hybridized carbons (Fsp3) is 0.600. The predicted molar refractivity (Wildman–Crippen MR) is 71.0 cm³/mol. The highest BCUT2D eigenvalue weighted by atomic mass is 16.3. The van der Waals surface area contributed by atoms with Crippen molar-refractivity contribution in [3.63, 3.8) is 0 Å². The Balaban J connectivity index is 2.35. The third kappa shape index (κ3) is 2.38. The first-order valence-electron chi connectivity index (χ1n) is 6.69. The quantitative estimate of drug-likeness (QED) is 0.838. The maximum Gasteiger partial charge on any atom is 0.0673 e. The molecule has 1 aromatic carbocycles. The maximum absolute atomic E-state index is 9.87. The minimum absolute atomic E-state index is 0.189. The van der Waals surface area contributed by atoms with E-state index in [1.165, 1.54) is 11.1 Å². The molecule has 0 aliphatic heterocycles. The van der Waals surface area contributed by atoms with Gasteiger partial charge in [-0.3, -0.25) is 0 Å². The molecule has 2 heteroatoms. The van der Waals surface area contributed by atoms with Crippen LogP contribution in [-0.4, -0.2) is 17.8 Å². The lowest BCUT2D eigenvalue weighted by Crippen LogP contribution is -2.51. The molecule has 0 saturated carbocycles. The van der Waals surface area contributed by atoms with Gasteiger partial charge in [-0.1, -0.05) is 31.2 Å². The Morgan fingerprint density at radius 2 is 2.18 bits per heavy atom. The van der Waals surface area contributed by atoms with Crippen LogP contribution in [0.25, 0.3) is 0 Å². The van der Waals surface area contributed by atoms with E-state index in [0.717, 1.165) is 25.7 Å². The van der Waals surface area contributed by atoms with Crippen molar-refractivity contribution in [1.29, 1.82) is 0 Å². The highest BCUT2D eigenvalue weighted by Gasteiger charge is 2.36. The normalized spacial score (nSPS) is 25.4. The molecule has 0 amide bonds. The van der Waals surface area contributed by atoms with Gasteiger partial charge in [-0.2, -0.15) is 0 Å². The second kappa shape index (κ2) is 5.19. The Bertz CT molecular complexity index is 377. The van der Waals surface area contributed by atoms with Gasteiger partial charge in [0.15, 0.2) is 0 Å². The number of benzene rings is 1. The van der Waals surface area contributed by atoms with Gasteiger partial charge in [0.2, 0.25) is 0 Å². The number of hydrogen-bond acceptors (Lipinski definition) is 2. The van der Waals surface area contributed by atoms with E-state index in [2.05, 4.69) is 43.4 Å². The minimum atomic E-state index is -0.218. The molecule has 0 spiro atoms. The van der Waals surface area contributed by atoms with Crippen molar-refractivity contribution in [2.45, 2.75) is 51.1 Å². The summed E-state index contributed by atoms with van der Waals surface area (Å²) in [5.74, 6) is 0. The van der Waals surface area contributed by atoms with Crippen LogP contribution in [0.3, 0.4) is 0 Å². The third-order valence-electron chi connectivity index (χ3n) is 3.99. The van der Waals surface area contributed by atoms with Crippen molar-refractivity contribution in [1.82, 2.24) is 5.32 Å². The van der Waals surface area contributed by atoms with Gasteiger partial charge in [0.25, 0.3) is 0 Å². The van der Waals surface area contributed by atoms with Crippen LogP contribution in [-0.2, 0) is 12.0 Å². The molecule has 2 rings (SSSR count). The topological polar surface area (TPSA) is 32.3 Å². The lowest BCUT2D eigenvalue weighted by molar-refractivity contribution is 0.129. The van der Waals surface area contributed by atoms with Gasteiger partial charge in [0.1, 0.15) is 0 Å². The van der Waals surface area contributed by atoms with Crippen LogP contribution in [0.15, 0.2) is 24.3 Å². The summed E-state index contributed by atoms with van der Waals surface area (Å²) in [4.78, 5) is 0. The first-order valence-corrected chi connectivity index (χ1v) is 6.69. The summed E-state index contributed by atoms with van der Waals surface area (Å²) in [6.45, 7) is 4.56. The largest absolute Gasteiger partial charge is 0.394 e. The van der Waals surface area contributed by atoms with Crippen molar-refractivity contribution >= 4 is 0 Å². The molecule has 17 heavy (non-hydrogen) atoms. The Labute approximate surface area is 104 Å². The van der Waals surface area contributed by atoms with Crippen LogP contribution in [0.5, 0.6) is 0 Å². The molecule has 2 atom stereocenters. The van der Waals surface area contributed by atoms with Crippen LogP contribution in [0, 0.1) is 0 Å². The Morgan fingerprint density at radius 3 is 2.88 bits per heavy atom. The van der Waals surface area contributed by atoms with E-state index >= 15 is 0 Å². The Kier molecular flexibility index (Phi) is 3.85. The summed E-state index contributed by atoms with van der Waals surface area (Å²) < 4.78 is 0. The average molecular weight is 233 g/mol. The lowest BCUT2D eigenvalue weighted by atomic mass is 9.76. The number of aliphatic hydroxyl groups is 1. The molecule has 94 valence electrons. The van der Waals surface area contributed by atoms with E-state index in [-0.39, 0.29) is 12.1 Å². The first kappa shape index (κ1) is 12.6. The van der Waals surface area contributed by atoms with Gasteiger partial charge in [-0.25, -0.2) is 0 Å². The summed E-state index contributed by atoms with van der Waals surface area (Å²) in [5, 5.41) is 13.5. The number of hydrogen-bond donors (Lipinski definition) is 2. The second-order valence-corrected chi connectivity index (χ2v) is 5.20. The van der Waals surface area contributed by atoms with E-state index in [4.69, 9.17) is 0 Å². The smallest absolute Gasteiger partial charge is 0.0673 e. The van der Waals surface area contributed by atoms with Crippen LogP contribution in [0.2, 0.25) is 0 Å². The molecule has 2 unspecified atom stereocenters. The van der Waals surface area contributed by atoms with Crippen molar-refractivity contribution in [3.05, 3.63) is 35.4 Å². The van der Waals surface area contributed by atoms with Gasteiger partial charge in [-0.15, -0.1) is 0 Å². The van der Waals surface area contributed by atoms with Crippen molar-refractivity contribution < 1.29 is 5.11 Å². The van der Waals surface area contributed by atoms with Crippen LogP contribution in [0.4, 0.5) is 0 Å². The maximum atomic E-state index is 9.87. The summed E-state index contributed by atoms with van der Waals surface area (Å²) >= 11 is 0. The molecular weight excluding hydrogens is 210 g/mol. The molecule has 0 bridgehead atoms. The molecule has 1 aliphatic carbocycles. The third-order valence-corrected chi connectivity index (χ3v) is 3.99. The van der Waals surface area contributed by atoms with Gasteiger partial charge < -0.3 is 10.4 Å². The molecule has 0 aromatic heterocycles. The van der Waals surface area contributed by atoms with Crippen LogP contribution >= 0.6 is 0 Å². The molecular formula is C15H23NO. The van der Waals surface area contributed by atoms with Gasteiger partial charge in [-0.05, 0) is 43.7 Å². The predicted octanol–water partition coefficient (Wildman–Crippen LogP) is 2.60. The zero-order chi connectivity index (χ0) is 12.3. The number of aryl methyl sites for hydroxylation is 1. The van der Waals surface area contributed by atoms with Gasteiger partial charge in [0.05, 0.1) is 12.1 Å². The van der Waals surface area contributed by atoms with E-state index < -0.39 is 0 Å². The number of nitrogens with one attached hydrogen (secondary N) is 1. The molecule has 2 N–H and O–H groups in total. The van der Waals surface area contributed by atoms with Crippen molar-refractivity contribution in [2.75, 3.05) is 6.61 Å². The Hall–Kier alpha value is -0.860. The minimum Gasteiger partial charge on any atom is -0.394 e. The van der Waals surface area contributed by atoms with Gasteiger partial charge >= 0.3 is 0 Å². The van der Waals surface area contributed by atoms with Crippen molar-refractivity contribution in [3.8, 4) is 0 Å². The summed E-state index contributed by atoms with van der Waals surface area (Å²) in [5.41, 5.74) is 2.47. The molecule has 0 radical (unpaired) electrons. The fourth-order valence-corrected chi connectivity index (χ4v) is 2.85. The molecule has 0 fully saturated rings. The van der Waals surface area contributed by atoms with Crippen LogP contribution in [0.1, 0.15) is 44.2 Å². The lowest BCUT2D eigenvalue weighted by Gasteiger charge is -2.40. The van der Waals surface area contributed by atoms with E-state index in [9.17, 15) is 5.11 Å².